The van der Waals surface area contributed by atoms with Crippen LogP contribution in [0.4, 0.5) is 0 Å². The van der Waals surface area contributed by atoms with Crippen LogP contribution in [0.5, 0.6) is 11.5 Å². The summed E-state index contributed by atoms with van der Waals surface area (Å²) in [5.74, 6) is -0.655. The van der Waals surface area contributed by atoms with Crippen molar-refractivity contribution in [2.45, 2.75) is 38.7 Å². The summed E-state index contributed by atoms with van der Waals surface area (Å²) in [5.41, 5.74) is 2.20. The molecule has 1 fully saturated rings. The highest BCUT2D eigenvalue weighted by Crippen LogP contribution is 2.44. The molecule has 0 N–H and O–H groups in total. The molecule has 2 aliphatic rings. The maximum Gasteiger partial charge on any atom is 0.338 e. The Labute approximate surface area is 201 Å². The number of hydrogen-bond donors (Lipinski definition) is 0. The van der Waals surface area contributed by atoms with Gasteiger partial charge in [-0.25, -0.2) is 9.79 Å². The minimum Gasteiger partial charge on any atom is -0.493 e. The van der Waals surface area contributed by atoms with E-state index in [1.165, 1.54) is 30.7 Å². The summed E-state index contributed by atoms with van der Waals surface area (Å²) in [7, 11) is 1.45. The molecule has 2 aromatic carbocycles. The van der Waals surface area contributed by atoms with E-state index in [-0.39, 0.29) is 29.1 Å². The second-order valence-corrected chi connectivity index (χ2v) is 9.14. The number of amidine groups is 1. The molecular weight excluding hydrogens is 456 g/mol. The van der Waals surface area contributed by atoms with E-state index in [0.29, 0.717) is 22.2 Å². The SMILES string of the molecule is COc1cc([C@@H]2C(C(=O)OCc3ccccc3)=C(C)N=C3S[C@@H](C)C(=O)N32)ccc1OC(C)=O. The Balaban J connectivity index is 1.74. The molecule has 176 valence electrons. The first-order valence-corrected chi connectivity index (χ1v) is 11.5. The van der Waals surface area contributed by atoms with Crippen LogP contribution in [-0.4, -0.2) is 40.3 Å². The molecule has 0 bridgehead atoms. The maximum absolute atomic E-state index is 13.3. The highest BCUT2D eigenvalue weighted by Gasteiger charge is 2.46. The van der Waals surface area contributed by atoms with E-state index >= 15 is 0 Å². The molecule has 1 saturated heterocycles. The van der Waals surface area contributed by atoms with E-state index in [1.54, 1.807) is 32.0 Å². The number of methoxy groups -OCH3 is 1. The van der Waals surface area contributed by atoms with Crippen molar-refractivity contribution < 1.29 is 28.6 Å². The Morgan fingerprint density at radius 3 is 2.53 bits per heavy atom. The van der Waals surface area contributed by atoms with Crippen LogP contribution in [0.3, 0.4) is 0 Å². The van der Waals surface area contributed by atoms with Crippen molar-refractivity contribution in [3.05, 3.63) is 70.9 Å². The second-order valence-electron chi connectivity index (χ2n) is 7.83. The van der Waals surface area contributed by atoms with E-state index in [1.807, 2.05) is 30.3 Å². The van der Waals surface area contributed by atoms with Crippen LogP contribution < -0.4 is 9.47 Å². The second kappa shape index (κ2) is 9.72. The fraction of sp³-hybridized carbons (Fsp3) is 0.280. The number of hydrogen-bond acceptors (Lipinski definition) is 8. The first-order valence-electron chi connectivity index (χ1n) is 10.7. The molecule has 0 aliphatic carbocycles. The number of amides is 1. The highest BCUT2D eigenvalue weighted by molar-refractivity contribution is 8.15. The smallest absolute Gasteiger partial charge is 0.338 e. The van der Waals surface area contributed by atoms with Gasteiger partial charge < -0.3 is 14.2 Å². The lowest BCUT2D eigenvalue weighted by Gasteiger charge is -2.33. The largest absolute Gasteiger partial charge is 0.493 e. The Morgan fingerprint density at radius 1 is 1.12 bits per heavy atom. The van der Waals surface area contributed by atoms with Crippen LogP contribution in [0.25, 0.3) is 0 Å². The summed E-state index contributed by atoms with van der Waals surface area (Å²) in [6.45, 7) is 4.92. The average Bonchev–Trinajstić information content (AvgIpc) is 3.10. The number of rotatable bonds is 6. The molecule has 34 heavy (non-hydrogen) atoms. The van der Waals surface area contributed by atoms with Gasteiger partial charge in [-0.2, -0.15) is 0 Å². The van der Waals surface area contributed by atoms with Crippen molar-refractivity contribution in [2.75, 3.05) is 7.11 Å². The summed E-state index contributed by atoms with van der Waals surface area (Å²) < 4.78 is 16.2. The van der Waals surface area contributed by atoms with Crippen molar-refractivity contribution in [2.24, 2.45) is 4.99 Å². The van der Waals surface area contributed by atoms with Crippen LogP contribution in [0.1, 0.15) is 37.9 Å². The van der Waals surface area contributed by atoms with Gasteiger partial charge >= 0.3 is 11.9 Å². The summed E-state index contributed by atoms with van der Waals surface area (Å²) in [4.78, 5) is 43.9. The van der Waals surface area contributed by atoms with Crippen LogP contribution in [0.15, 0.2) is 64.8 Å². The van der Waals surface area contributed by atoms with E-state index in [9.17, 15) is 14.4 Å². The van der Waals surface area contributed by atoms with Gasteiger partial charge in [-0.15, -0.1) is 0 Å². The van der Waals surface area contributed by atoms with Gasteiger partial charge in [-0.1, -0.05) is 48.2 Å². The molecule has 0 radical (unpaired) electrons. The molecule has 0 spiro atoms. The predicted molar refractivity (Wildman–Crippen MR) is 127 cm³/mol. The summed E-state index contributed by atoms with van der Waals surface area (Å²) >= 11 is 1.34. The summed E-state index contributed by atoms with van der Waals surface area (Å²) in [6.07, 6.45) is 0. The molecule has 0 aromatic heterocycles. The van der Waals surface area contributed by atoms with Crippen LogP contribution >= 0.6 is 11.8 Å². The molecule has 8 nitrogen and oxygen atoms in total. The lowest BCUT2D eigenvalue weighted by Crippen LogP contribution is -2.40. The van der Waals surface area contributed by atoms with Gasteiger partial charge in [0.1, 0.15) is 6.61 Å². The number of esters is 2. The van der Waals surface area contributed by atoms with Gasteiger partial charge in [0, 0.05) is 6.92 Å². The molecule has 9 heteroatoms. The van der Waals surface area contributed by atoms with Gasteiger partial charge in [-0.3, -0.25) is 14.5 Å². The van der Waals surface area contributed by atoms with E-state index < -0.39 is 18.0 Å². The minimum atomic E-state index is -0.763. The third-order valence-electron chi connectivity index (χ3n) is 5.45. The lowest BCUT2D eigenvalue weighted by atomic mass is 9.94. The Bertz CT molecular complexity index is 1210. The molecule has 2 aliphatic heterocycles. The highest BCUT2D eigenvalue weighted by atomic mass is 32.2. The van der Waals surface area contributed by atoms with E-state index in [4.69, 9.17) is 14.2 Å². The average molecular weight is 481 g/mol. The predicted octanol–water partition coefficient (Wildman–Crippen LogP) is 4.01. The van der Waals surface area contributed by atoms with Crippen molar-refractivity contribution >= 4 is 34.8 Å². The van der Waals surface area contributed by atoms with E-state index in [0.717, 1.165) is 5.56 Å². The van der Waals surface area contributed by atoms with Gasteiger partial charge in [0.15, 0.2) is 16.7 Å². The maximum atomic E-state index is 13.3. The number of fused-ring (bicyclic) bond motifs is 1. The standard InChI is InChI=1S/C25H24N2O6S/c1-14-21(24(30)32-13-17-8-6-5-7-9-17)22(27-23(29)15(2)34-25(27)26-14)18-10-11-19(33-16(3)28)20(12-18)31-4/h5-12,15,22H,13H2,1-4H3/t15-,22+/m0/s1. The molecule has 4 rings (SSSR count). The zero-order valence-corrected chi connectivity index (χ0v) is 20.0. The molecular formula is C25H24N2O6S. The third kappa shape index (κ3) is 4.56. The molecule has 2 aromatic rings. The number of carbonyl (C=O) groups is 3. The lowest BCUT2D eigenvalue weighted by molar-refractivity contribution is -0.141. The quantitative estimate of drug-likeness (QED) is 0.455. The van der Waals surface area contributed by atoms with Crippen LogP contribution in [0.2, 0.25) is 0 Å². The molecule has 1 amide bonds. The van der Waals surface area contributed by atoms with Gasteiger partial charge in [0.05, 0.1) is 29.7 Å². The molecule has 2 heterocycles. The molecule has 0 unspecified atom stereocenters. The van der Waals surface area contributed by atoms with Crippen molar-refractivity contribution in [3.8, 4) is 11.5 Å². The first-order chi connectivity index (χ1) is 16.3. The number of carbonyl (C=O) groups excluding carboxylic acids is 3. The summed E-state index contributed by atoms with van der Waals surface area (Å²) in [6, 6.07) is 13.5. The third-order valence-corrected chi connectivity index (χ3v) is 6.50. The monoisotopic (exact) mass is 480 g/mol. The molecule has 0 saturated carbocycles. The zero-order chi connectivity index (χ0) is 24.4. The number of ether oxygens (including phenoxy) is 3. The van der Waals surface area contributed by atoms with Gasteiger partial charge in [0.25, 0.3) is 0 Å². The topological polar surface area (TPSA) is 94.5 Å². The Morgan fingerprint density at radius 2 is 1.85 bits per heavy atom. The first kappa shape index (κ1) is 23.6. The number of aliphatic imine (C=N–C) groups is 1. The zero-order valence-electron chi connectivity index (χ0n) is 19.2. The number of thioether (sulfide) groups is 1. The fourth-order valence-electron chi connectivity index (χ4n) is 3.87. The number of nitrogens with zero attached hydrogens (tertiary/aromatic N) is 2. The number of allylic oxidation sites excluding steroid dienone is 1. The molecule has 2 atom stereocenters. The van der Waals surface area contributed by atoms with E-state index in [2.05, 4.69) is 4.99 Å². The van der Waals surface area contributed by atoms with Crippen molar-refractivity contribution in [1.82, 2.24) is 4.90 Å². The fourth-order valence-corrected chi connectivity index (χ4v) is 4.90. The minimum absolute atomic E-state index is 0.0908. The Kier molecular flexibility index (Phi) is 6.74. The van der Waals surface area contributed by atoms with Gasteiger partial charge in [0.2, 0.25) is 5.91 Å². The van der Waals surface area contributed by atoms with Crippen LogP contribution in [-0.2, 0) is 25.7 Å². The number of benzene rings is 2. The van der Waals surface area contributed by atoms with Crippen LogP contribution in [0, 0.1) is 0 Å². The normalized spacial score (nSPS) is 19.5. The summed E-state index contributed by atoms with van der Waals surface area (Å²) in [5, 5.41) is 0.193. The van der Waals surface area contributed by atoms with Crippen molar-refractivity contribution in [1.29, 1.82) is 0 Å². The van der Waals surface area contributed by atoms with Gasteiger partial charge in [-0.05, 0) is 37.1 Å². The van der Waals surface area contributed by atoms with Crippen molar-refractivity contribution in [3.63, 3.8) is 0 Å². The Hall–Kier alpha value is -3.59.